The number of aliphatic hydroxyl groups is 1. The Kier molecular flexibility index (Phi) is 5.18. The normalized spacial score (nSPS) is 15.6. The number of likely N-dealkylation sites (tertiary alicyclic amines) is 1. The molecule has 25 heavy (non-hydrogen) atoms. The number of hydrogen-bond acceptors (Lipinski definition) is 3. The summed E-state index contributed by atoms with van der Waals surface area (Å²) in [4.78, 5) is 14.5. The molecule has 0 saturated carbocycles. The minimum atomic E-state index is -0.285. The fraction of sp³-hybridized carbons (Fsp3) is 0.474. The predicted octanol–water partition coefficient (Wildman–Crippen LogP) is 2.40. The number of carbonyl (C=O) groups excluding carboxylic acids is 1. The molecule has 5 nitrogen and oxygen atoms in total. The van der Waals surface area contributed by atoms with E-state index in [0.29, 0.717) is 25.4 Å². The van der Waals surface area contributed by atoms with E-state index in [9.17, 15) is 14.3 Å². The summed E-state index contributed by atoms with van der Waals surface area (Å²) < 4.78 is 14.9. The van der Waals surface area contributed by atoms with Crippen LogP contribution in [0.2, 0.25) is 0 Å². The van der Waals surface area contributed by atoms with Crippen LogP contribution in [0.15, 0.2) is 24.3 Å². The van der Waals surface area contributed by atoms with Crippen LogP contribution in [0, 0.1) is 25.6 Å². The van der Waals surface area contributed by atoms with Gasteiger partial charge in [0.2, 0.25) is 5.91 Å². The first kappa shape index (κ1) is 17.6. The highest BCUT2D eigenvalue weighted by Gasteiger charge is 2.24. The van der Waals surface area contributed by atoms with Gasteiger partial charge in [-0.1, -0.05) is 0 Å². The van der Waals surface area contributed by atoms with Gasteiger partial charge in [0.15, 0.2) is 0 Å². The topological polar surface area (TPSA) is 58.4 Å². The number of piperidine rings is 1. The molecule has 0 aliphatic carbocycles. The second kappa shape index (κ2) is 7.35. The fourth-order valence-electron chi connectivity index (χ4n) is 3.39. The molecule has 0 spiro atoms. The summed E-state index contributed by atoms with van der Waals surface area (Å²) in [6, 6.07) is 6.17. The molecule has 1 amide bonds. The molecule has 0 atom stereocenters. The number of rotatable bonds is 4. The molecule has 1 saturated heterocycles. The summed E-state index contributed by atoms with van der Waals surface area (Å²) in [5.74, 6) is 0.127. The minimum Gasteiger partial charge on any atom is -0.396 e. The van der Waals surface area contributed by atoms with Gasteiger partial charge in [-0.2, -0.15) is 5.10 Å². The third kappa shape index (κ3) is 3.74. The quantitative estimate of drug-likeness (QED) is 0.926. The van der Waals surface area contributed by atoms with Crippen molar-refractivity contribution < 1.29 is 14.3 Å². The molecule has 1 fully saturated rings. The first-order chi connectivity index (χ1) is 12.0. The second-order valence-electron chi connectivity index (χ2n) is 6.72. The van der Waals surface area contributed by atoms with Crippen LogP contribution in [0.5, 0.6) is 0 Å². The van der Waals surface area contributed by atoms with E-state index in [0.717, 1.165) is 35.5 Å². The molecule has 1 aliphatic rings. The second-order valence-corrected chi connectivity index (χ2v) is 6.72. The van der Waals surface area contributed by atoms with E-state index in [1.165, 1.54) is 12.1 Å². The first-order valence-corrected chi connectivity index (χ1v) is 8.69. The standard InChI is InChI=1S/C19H24FN3O2/c1-13-18(11-19(25)22-9-7-15(12-24)8-10-22)14(2)23(21-13)17-5-3-16(20)4-6-17/h3-6,15,24H,7-12H2,1-2H3. The monoisotopic (exact) mass is 345 g/mol. The van der Waals surface area contributed by atoms with Crippen LogP contribution in [-0.2, 0) is 11.2 Å². The third-order valence-electron chi connectivity index (χ3n) is 5.07. The van der Waals surface area contributed by atoms with Gasteiger partial charge in [0.25, 0.3) is 0 Å². The van der Waals surface area contributed by atoms with E-state index < -0.39 is 0 Å². The number of hydrogen-bond donors (Lipinski definition) is 1. The molecule has 134 valence electrons. The van der Waals surface area contributed by atoms with Crippen molar-refractivity contribution >= 4 is 5.91 Å². The van der Waals surface area contributed by atoms with Crippen molar-refractivity contribution in [1.29, 1.82) is 0 Å². The molecule has 2 aromatic rings. The number of nitrogens with zero attached hydrogens (tertiary/aromatic N) is 3. The Balaban J connectivity index is 1.75. The highest BCUT2D eigenvalue weighted by molar-refractivity contribution is 5.79. The van der Waals surface area contributed by atoms with E-state index >= 15 is 0 Å². The maximum atomic E-state index is 13.1. The van der Waals surface area contributed by atoms with Crippen molar-refractivity contribution in [1.82, 2.24) is 14.7 Å². The molecule has 0 bridgehead atoms. The van der Waals surface area contributed by atoms with Gasteiger partial charge in [0, 0.05) is 31.0 Å². The number of amides is 1. The zero-order valence-corrected chi connectivity index (χ0v) is 14.7. The van der Waals surface area contributed by atoms with Crippen LogP contribution in [0.25, 0.3) is 5.69 Å². The van der Waals surface area contributed by atoms with Crippen molar-refractivity contribution in [3.63, 3.8) is 0 Å². The third-order valence-corrected chi connectivity index (χ3v) is 5.07. The van der Waals surface area contributed by atoms with Gasteiger partial charge >= 0.3 is 0 Å². The number of aliphatic hydroxyl groups excluding tert-OH is 1. The Morgan fingerprint density at radius 2 is 1.88 bits per heavy atom. The van der Waals surface area contributed by atoms with Crippen LogP contribution in [-0.4, -0.2) is 45.4 Å². The summed E-state index contributed by atoms with van der Waals surface area (Å²) >= 11 is 0. The largest absolute Gasteiger partial charge is 0.396 e. The van der Waals surface area contributed by atoms with Gasteiger partial charge in [-0.05, 0) is 56.9 Å². The molecule has 0 unspecified atom stereocenters. The van der Waals surface area contributed by atoms with Crippen molar-refractivity contribution in [3.05, 3.63) is 47.0 Å². The molecule has 6 heteroatoms. The van der Waals surface area contributed by atoms with Crippen molar-refractivity contribution in [3.8, 4) is 5.69 Å². The van der Waals surface area contributed by atoms with Crippen LogP contribution < -0.4 is 0 Å². The minimum absolute atomic E-state index is 0.0984. The lowest BCUT2D eigenvalue weighted by Gasteiger charge is -2.31. The molecule has 1 aromatic heterocycles. The van der Waals surface area contributed by atoms with Crippen LogP contribution in [0.1, 0.15) is 29.8 Å². The highest BCUT2D eigenvalue weighted by atomic mass is 19.1. The lowest BCUT2D eigenvalue weighted by Crippen LogP contribution is -2.40. The van der Waals surface area contributed by atoms with E-state index in [2.05, 4.69) is 5.10 Å². The molecule has 3 rings (SSSR count). The molecule has 1 N–H and O–H groups in total. The summed E-state index contributed by atoms with van der Waals surface area (Å²) in [6.07, 6.45) is 2.03. The smallest absolute Gasteiger partial charge is 0.227 e. The van der Waals surface area contributed by atoms with Gasteiger partial charge in [-0.3, -0.25) is 4.79 Å². The number of aromatic nitrogens is 2. The highest BCUT2D eigenvalue weighted by Crippen LogP contribution is 2.21. The fourth-order valence-corrected chi connectivity index (χ4v) is 3.39. The van der Waals surface area contributed by atoms with Gasteiger partial charge in [-0.25, -0.2) is 9.07 Å². The van der Waals surface area contributed by atoms with E-state index in [1.54, 1.807) is 16.8 Å². The van der Waals surface area contributed by atoms with E-state index in [-0.39, 0.29) is 18.3 Å². The van der Waals surface area contributed by atoms with Crippen LogP contribution in [0.3, 0.4) is 0 Å². The van der Waals surface area contributed by atoms with Crippen molar-refractivity contribution in [2.45, 2.75) is 33.1 Å². The Bertz CT molecular complexity index is 747. The average Bonchev–Trinajstić information content (AvgIpc) is 2.90. The van der Waals surface area contributed by atoms with Gasteiger partial charge < -0.3 is 10.0 Å². The predicted molar refractivity (Wildman–Crippen MR) is 93.1 cm³/mol. The molecule has 0 radical (unpaired) electrons. The zero-order valence-electron chi connectivity index (χ0n) is 14.7. The number of halogens is 1. The molecular formula is C19H24FN3O2. The summed E-state index contributed by atoms with van der Waals surface area (Å²) in [6.45, 7) is 5.44. The van der Waals surface area contributed by atoms with Crippen LogP contribution in [0.4, 0.5) is 4.39 Å². The lowest BCUT2D eigenvalue weighted by atomic mass is 9.97. The Labute approximate surface area is 147 Å². The summed E-state index contributed by atoms with van der Waals surface area (Å²) in [5.41, 5.74) is 3.44. The van der Waals surface area contributed by atoms with Gasteiger partial charge in [0.1, 0.15) is 5.82 Å². The average molecular weight is 345 g/mol. The van der Waals surface area contributed by atoms with Crippen molar-refractivity contribution in [2.24, 2.45) is 5.92 Å². The molecule has 1 aliphatic heterocycles. The van der Waals surface area contributed by atoms with Gasteiger partial charge in [-0.15, -0.1) is 0 Å². The molecule has 2 heterocycles. The Morgan fingerprint density at radius 1 is 1.24 bits per heavy atom. The zero-order chi connectivity index (χ0) is 18.0. The number of aryl methyl sites for hydroxylation is 1. The number of carbonyl (C=O) groups is 1. The van der Waals surface area contributed by atoms with E-state index in [1.807, 2.05) is 18.7 Å². The van der Waals surface area contributed by atoms with Gasteiger partial charge in [0.05, 0.1) is 17.8 Å². The maximum Gasteiger partial charge on any atom is 0.227 e. The summed E-state index contributed by atoms with van der Waals surface area (Å²) in [7, 11) is 0. The Hall–Kier alpha value is -2.21. The van der Waals surface area contributed by atoms with Crippen LogP contribution >= 0.6 is 0 Å². The maximum absolute atomic E-state index is 13.1. The SMILES string of the molecule is Cc1nn(-c2ccc(F)cc2)c(C)c1CC(=O)N1CCC(CO)CC1. The first-order valence-electron chi connectivity index (χ1n) is 8.69. The molecular weight excluding hydrogens is 321 g/mol. The number of benzene rings is 1. The lowest BCUT2D eigenvalue weighted by molar-refractivity contribution is -0.132. The van der Waals surface area contributed by atoms with E-state index in [4.69, 9.17) is 0 Å². The summed E-state index contributed by atoms with van der Waals surface area (Å²) in [5, 5.41) is 13.7. The molecule has 1 aromatic carbocycles. The van der Waals surface area contributed by atoms with Crippen molar-refractivity contribution in [2.75, 3.05) is 19.7 Å². The Morgan fingerprint density at radius 3 is 2.48 bits per heavy atom.